The second kappa shape index (κ2) is 8.99. The van der Waals surface area contributed by atoms with E-state index in [1.165, 1.54) is 6.07 Å². The van der Waals surface area contributed by atoms with Crippen LogP contribution in [0, 0.1) is 11.7 Å². The van der Waals surface area contributed by atoms with Crippen LogP contribution in [-0.4, -0.2) is 51.2 Å². The predicted octanol–water partition coefficient (Wildman–Crippen LogP) is 3.18. The van der Waals surface area contributed by atoms with Crippen molar-refractivity contribution in [3.63, 3.8) is 0 Å². The number of carbonyl (C=O) groups excluding carboxylic acids is 2. The molecule has 2 aromatic rings. The molecule has 0 saturated carbocycles. The van der Waals surface area contributed by atoms with Crippen LogP contribution >= 0.6 is 0 Å². The van der Waals surface area contributed by atoms with Gasteiger partial charge in [-0.05, 0) is 38.2 Å². The number of anilines is 1. The first kappa shape index (κ1) is 21.2. The predicted molar refractivity (Wildman–Crippen MR) is 115 cm³/mol. The highest BCUT2D eigenvalue weighted by molar-refractivity contribution is 5.81. The molecule has 2 N–H and O–H groups in total. The van der Waals surface area contributed by atoms with E-state index in [-0.39, 0.29) is 35.5 Å². The Morgan fingerprint density at radius 3 is 2.52 bits per heavy atom. The van der Waals surface area contributed by atoms with E-state index in [4.69, 9.17) is 5.73 Å². The van der Waals surface area contributed by atoms with Gasteiger partial charge in [0.15, 0.2) is 0 Å². The minimum atomic E-state index is -0.359. The number of piperidine rings is 2. The number of likely N-dealkylation sites (tertiary alicyclic amines) is 2. The molecule has 1 aromatic carbocycles. The van der Waals surface area contributed by atoms with E-state index >= 15 is 0 Å². The van der Waals surface area contributed by atoms with Crippen LogP contribution in [-0.2, 0) is 9.59 Å². The van der Waals surface area contributed by atoms with E-state index in [1.807, 2.05) is 4.90 Å². The third-order valence-corrected chi connectivity index (χ3v) is 6.39. The van der Waals surface area contributed by atoms with Crippen molar-refractivity contribution in [2.24, 2.45) is 5.92 Å². The maximum Gasteiger partial charge on any atom is 0.226 e. The molecular weight excluding hydrogens is 397 g/mol. The lowest BCUT2D eigenvalue weighted by molar-refractivity contribution is -0.143. The van der Waals surface area contributed by atoms with Crippen molar-refractivity contribution in [3.05, 3.63) is 42.0 Å². The van der Waals surface area contributed by atoms with E-state index in [9.17, 15) is 14.0 Å². The number of nitrogen functional groups attached to an aromatic ring is 1. The Kier molecular flexibility index (Phi) is 6.15. The summed E-state index contributed by atoms with van der Waals surface area (Å²) in [6.45, 7) is 3.40. The maximum absolute atomic E-state index is 14.6. The average Bonchev–Trinajstić information content (AvgIpc) is 2.79. The van der Waals surface area contributed by atoms with Crippen LogP contribution in [0.2, 0.25) is 0 Å². The Labute approximate surface area is 181 Å². The van der Waals surface area contributed by atoms with Gasteiger partial charge in [0.1, 0.15) is 5.82 Å². The maximum atomic E-state index is 14.6. The minimum Gasteiger partial charge on any atom is -0.368 e. The number of halogens is 1. The molecule has 1 aromatic heterocycles. The van der Waals surface area contributed by atoms with Gasteiger partial charge in [0.05, 0.1) is 11.7 Å². The number of nitrogens with two attached hydrogens (primary N) is 1. The minimum absolute atomic E-state index is 0.0488. The summed E-state index contributed by atoms with van der Waals surface area (Å²) < 4.78 is 14.6. The van der Waals surface area contributed by atoms with Gasteiger partial charge in [-0.2, -0.15) is 0 Å². The lowest BCUT2D eigenvalue weighted by Crippen LogP contribution is -2.46. The molecule has 0 unspecified atom stereocenters. The van der Waals surface area contributed by atoms with Crippen molar-refractivity contribution in [2.45, 2.75) is 45.1 Å². The second-order valence-electron chi connectivity index (χ2n) is 8.33. The van der Waals surface area contributed by atoms with Crippen LogP contribution in [0.3, 0.4) is 0 Å². The molecular formula is C23H28FN5O2. The first-order valence-corrected chi connectivity index (χ1v) is 10.9. The molecule has 0 radical (unpaired) electrons. The zero-order valence-corrected chi connectivity index (χ0v) is 17.8. The zero-order chi connectivity index (χ0) is 22.0. The molecule has 2 fully saturated rings. The van der Waals surface area contributed by atoms with Crippen LogP contribution in [0.1, 0.15) is 50.8 Å². The van der Waals surface area contributed by atoms with Gasteiger partial charge in [-0.25, -0.2) is 14.4 Å². The van der Waals surface area contributed by atoms with E-state index in [1.54, 1.807) is 36.2 Å². The first-order valence-electron chi connectivity index (χ1n) is 10.9. The normalized spacial score (nSPS) is 20.0. The summed E-state index contributed by atoms with van der Waals surface area (Å²) in [5.41, 5.74) is 7.49. The molecule has 2 amide bonds. The Balaban J connectivity index is 1.64. The van der Waals surface area contributed by atoms with Gasteiger partial charge in [0.25, 0.3) is 0 Å². The van der Waals surface area contributed by atoms with Gasteiger partial charge in [-0.15, -0.1) is 0 Å². The standard InChI is InChI=1S/C23H28FN5O2/c1-15(30)28-12-9-16(10-13-28)22(31)29-11-5-4-8-20(29)21-18(14-26-23(25)27-21)17-6-2-3-7-19(17)24/h2-3,6-7,14,16,20H,4-5,8-13H2,1H3,(H2,25,26,27)/t20-/m1/s1. The third-order valence-electron chi connectivity index (χ3n) is 6.39. The Hall–Kier alpha value is -3.03. The topological polar surface area (TPSA) is 92.4 Å². The van der Waals surface area contributed by atoms with Gasteiger partial charge in [0, 0.05) is 49.8 Å². The molecule has 8 heteroatoms. The molecule has 31 heavy (non-hydrogen) atoms. The average molecular weight is 426 g/mol. The van der Waals surface area contributed by atoms with E-state index in [0.29, 0.717) is 49.3 Å². The van der Waals surface area contributed by atoms with Crippen LogP contribution in [0.25, 0.3) is 11.1 Å². The summed E-state index contributed by atoms with van der Waals surface area (Å²) in [4.78, 5) is 37.4. The SMILES string of the molecule is CC(=O)N1CCC(C(=O)N2CCCC[C@@H]2c2nc(N)ncc2-c2ccccc2F)CC1. The van der Waals surface area contributed by atoms with Crippen LogP contribution in [0.4, 0.5) is 10.3 Å². The number of nitrogens with zero attached hydrogens (tertiary/aromatic N) is 4. The van der Waals surface area contributed by atoms with E-state index in [2.05, 4.69) is 9.97 Å². The number of amides is 2. The summed E-state index contributed by atoms with van der Waals surface area (Å²) in [6.07, 6.45) is 5.50. The number of benzene rings is 1. The molecule has 2 aliphatic heterocycles. The van der Waals surface area contributed by atoms with Gasteiger partial charge in [-0.1, -0.05) is 18.2 Å². The van der Waals surface area contributed by atoms with Gasteiger partial charge >= 0.3 is 0 Å². The monoisotopic (exact) mass is 425 g/mol. The number of hydrogen-bond acceptors (Lipinski definition) is 5. The van der Waals surface area contributed by atoms with Gasteiger partial charge in [0.2, 0.25) is 17.8 Å². The molecule has 2 saturated heterocycles. The molecule has 3 heterocycles. The van der Waals surface area contributed by atoms with Crippen LogP contribution in [0.15, 0.2) is 30.5 Å². The fourth-order valence-corrected chi connectivity index (χ4v) is 4.71. The van der Waals surface area contributed by atoms with E-state index < -0.39 is 0 Å². The fraction of sp³-hybridized carbons (Fsp3) is 0.478. The summed E-state index contributed by atoms with van der Waals surface area (Å²) >= 11 is 0. The highest BCUT2D eigenvalue weighted by Gasteiger charge is 2.36. The van der Waals surface area contributed by atoms with Crippen molar-refractivity contribution in [1.82, 2.24) is 19.8 Å². The molecule has 2 aliphatic rings. The smallest absolute Gasteiger partial charge is 0.226 e. The lowest BCUT2D eigenvalue weighted by Gasteiger charge is -2.40. The van der Waals surface area contributed by atoms with Crippen molar-refractivity contribution in [2.75, 3.05) is 25.4 Å². The molecule has 164 valence electrons. The largest absolute Gasteiger partial charge is 0.368 e. The van der Waals surface area contributed by atoms with E-state index in [0.717, 1.165) is 19.3 Å². The molecule has 0 spiro atoms. The van der Waals surface area contributed by atoms with Crippen molar-refractivity contribution in [3.8, 4) is 11.1 Å². The quantitative estimate of drug-likeness (QED) is 0.815. The summed E-state index contributed by atoms with van der Waals surface area (Å²) in [5.74, 6) is -0.227. The third kappa shape index (κ3) is 4.38. The fourth-order valence-electron chi connectivity index (χ4n) is 4.71. The number of aromatic nitrogens is 2. The molecule has 0 bridgehead atoms. The number of hydrogen-bond donors (Lipinski definition) is 1. The molecule has 4 rings (SSSR count). The van der Waals surface area contributed by atoms with Crippen molar-refractivity contribution in [1.29, 1.82) is 0 Å². The lowest BCUT2D eigenvalue weighted by atomic mass is 9.90. The second-order valence-corrected chi connectivity index (χ2v) is 8.33. The Morgan fingerprint density at radius 2 is 1.81 bits per heavy atom. The Morgan fingerprint density at radius 1 is 1.06 bits per heavy atom. The Bertz CT molecular complexity index is 974. The molecule has 0 aliphatic carbocycles. The van der Waals surface area contributed by atoms with Crippen LogP contribution < -0.4 is 5.73 Å². The summed E-state index contributed by atoms with van der Waals surface area (Å²) in [7, 11) is 0. The number of rotatable bonds is 3. The highest BCUT2D eigenvalue weighted by Crippen LogP contribution is 2.38. The number of carbonyl (C=O) groups is 2. The molecule has 1 atom stereocenters. The van der Waals surface area contributed by atoms with Gasteiger partial charge in [-0.3, -0.25) is 9.59 Å². The highest BCUT2D eigenvalue weighted by atomic mass is 19.1. The van der Waals surface area contributed by atoms with Gasteiger partial charge < -0.3 is 15.5 Å². The first-order chi connectivity index (χ1) is 15.0. The zero-order valence-electron chi connectivity index (χ0n) is 17.8. The summed E-state index contributed by atoms with van der Waals surface area (Å²) in [5, 5.41) is 0. The molecule has 7 nitrogen and oxygen atoms in total. The summed E-state index contributed by atoms with van der Waals surface area (Å²) in [6, 6.07) is 6.24. The van der Waals surface area contributed by atoms with Crippen LogP contribution in [0.5, 0.6) is 0 Å². The van der Waals surface area contributed by atoms with Crippen molar-refractivity contribution >= 4 is 17.8 Å². The van der Waals surface area contributed by atoms with Crippen molar-refractivity contribution < 1.29 is 14.0 Å².